The van der Waals surface area contributed by atoms with Crippen LogP contribution in [0.25, 0.3) is 0 Å². The molecule has 0 N–H and O–H groups in total. The molecule has 2 aromatic carbocycles. The van der Waals surface area contributed by atoms with Crippen LogP contribution in [-0.2, 0) is 0 Å². The summed E-state index contributed by atoms with van der Waals surface area (Å²) in [4.78, 5) is 20.0. The Labute approximate surface area is 163 Å². The van der Waals surface area contributed by atoms with Gasteiger partial charge in [-0.25, -0.2) is 0 Å². The highest BCUT2D eigenvalue weighted by Crippen LogP contribution is 2.27. The Hall–Kier alpha value is -1.65. The van der Waals surface area contributed by atoms with Gasteiger partial charge in [0.1, 0.15) is 5.84 Å². The highest BCUT2D eigenvalue weighted by molar-refractivity contribution is 9.10. The summed E-state index contributed by atoms with van der Waals surface area (Å²) in [6.45, 7) is 8.11. The second-order valence-electron chi connectivity index (χ2n) is 6.58. The monoisotopic (exact) mass is 420 g/mol. The second kappa shape index (κ2) is 7.71. The lowest BCUT2D eigenvalue weighted by Crippen LogP contribution is -2.45. The Morgan fingerprint density at radius 2 is 1.80 bits per heavy atom. The summed E-state index contributed by atoms with van der Waals surface area (Å²) in [7, 11) is 0. The fraction of sp³-hybridized carbons (Fsp3) is 0.300. The van der Waals surface area contributed by atoms with E-state index in [1.165, 1.54) is 0 Å². The van der Waals surface area contributed by atoms with E-state index in [9.17, 15) is 4.79 Å². The first-order valence-electron chi connectivity index (χ1n) is 8.16. The van der Waals surface area contributed by atoms with Gasteiger partial charge in [-0.3, -0.25) is 9.79 Å². The quantitative estimate of drug-likeness (QED) is 0.653. The summed E-state index contributed by atoms with van der Waals surface area (Å²) in [6, 6.07) is 15.2. The third-order valence-electron chi connectivity index (χ3n) is 4.44. The second-order valence-corrected chi connectivity index (χ2v) is 7.49. The van der Waals surface area contributed by atoms with Crippen LogP contribution in [0.4, 0.5) is 0 Å². The summed E-state index contributed by atoms with van der Waals surface area (Å²) in [6.07, 6.45) is 0. The Morgan fingerprint density at radius 1 is 1.16 bits per heavy atom. The molecule has 5 heteroatoms. The summed E-state index contributed by atoms with van der Waals surface area (Å²) in [5, 5.41) is 0. The molecule has 2 aromatic rings. The molecule has 0 spiro atoms. The Balaban J connectivity index is 0.00000225. The third kappa shape index (κ3) is 3.80. The SMILES string of the molecule is CCN1C(c2ccccc2C(=O)c2ccc(Br)cc2)=NCC1(C)C.Cl. The lowest BCUT2D eigenvalue weighted by atomic mass is 9.96. The van der Waals surface area contributed by atoms with Gasteiger partial charge >= 0.3 is 0 Å². The maximum Gasteiger partial charge on any atom is 0.193 e. The van der Waals surface area contributed by atoms with Crippen LogP contribution in [0.1, 0.15) is 42.3 Å². The molecule has 0 amide bonds. The number of carbonyl (C=O) groups is 1. The number of carbonyl (C=O) groups excluding carboxylic acids is 1. The molecule has 0 saturated heterocycles. The maximum absolute atomic E-state index is 13.0. The predicted molar refractivity (Wildman–Crippen MR) is 109 cm³/mol. The molecule has 1 aliphatic heterocycles. The van der Waals surface area contributed by atoms with Crippen molar-refractivity contribution in [1.29, 1.82) is 0 Å². The van der Waals surface area contributed by atoms with Crippen molar-refractivity contribution >= 4 is 40.0 Å². The van der Waals surface area contributed by atoms with Crippen LogP contribution in [0.3, 0.4) is 0 Å². The Kier molecular flexibility index (Phi) is 6.07. The Morgan fingerprint density at radius 3 is 2.44 bits per heavy atom. The van der Waals surface area contributed by atoms with Gasteiger partial charge in [0, 0.05) is 27.7 Å². The van der Waals surface area contributed by atoms with Crippen LogP contribution in [-0.4, -0.2) is 35.1 Å². The van der Waals surface area contributed by atoms with Crippen LogP contribution in [0.2, 0.25) is 0 Å². The molecule has 0 aliphatic carbocycles. The van der Waals surface area contributed by atoms with E-state index in [0.29, 0.717) is 11.1 Å². The topological polar surface area (TPSA) is 32.7 Å². The van der Waals surface area contributed by atoms with Gasteiger partial charge in [-0.2, -0.15) is 0 Å². The molecular formula is C20H22BrClN2O. The minimum absolute atomic E-state index is 0. The maximum atomic E-state index is 13.0. The van der Waals surface area contributed by atoms with E-state index in [0.717, 1.165) is 29.0 Å². The van der Waals surface area contributed by atoms with Crippen LogP contribution in [0.5, 0.6) is 0 Å². The number of aliphatic imine (C=N–C) groups is 1. The highest BCUT2D eigenvalue weighted by Gasteiger charge is 2.35. The van der Waals surface area contributed by atoms with E-state index >= 15 is 0 Å². The third-order valence-corrected chi connectivity index (χ3v) is 4.97. The average molecular weight is 422 g/mol. The first-order chi connectivity index (χ1) is 11.4. The average Bonchev–Trinajstić information content (AvgIpc) is 2.89. The van der Waals surface area contributed by atoms with Gasteiger partial charge in [-0.1, -0.05) is 40.2 Å². The number of benzene rings is 2. The molecular weight excluding hydrogens is 400 g/mol. The number of halogens is 2. The number of ketones is 1. The molecule has 0 fully saturated rings. The number of hydrogen-bond donors (Lipinski definition) is 0. The number of rotatable bonds is 4. The van der Waals surface area contributed by atoms with Crippen molar-refractivity contribution in [2.24, 2.45) is 4.99 Å². The molecule has 3 nitrogen and oxygen atoms in total. The lowest BCUT2D eigenvalue weighted by Gasteiger charge is -2.33. The van der Waals surface area contributed by atoms with Gasteiger partial charge < -0.3 is 4.90 Å². The number of hydrogen-bond acceptors (Lipinski definition) is 3. The summed E-state index contributed by atoms with van der Waals surface area (Å²) >= 11 is 3.41. The van der Waals surface area contributed by atoms with Gasteiger partial charge in [0.2, 0.25) is 0 Å². The standard InChI is InChI=1S/C20H21BrN2O.ClH/c1-4-23-19(22-13-20(23,2)3)17-8-6-5-7-16(17)18(24)14-9-11-15(21)12-10-14;/h5-12H,4,13H2,1-3H3;1H. The molecule has 0 unspecified atom stereocenters. The van der Waals surface area contributed by atoms with E-state index in [1.807, 2.05) is 48.5 Å². The van der Waals surface area contributed by atoms with Crippen molar-refractivity contribution in [3.8, 4) is 0 Å². The molecule has 1 heterocycles. The van der Waals surface area contributed by atoms with E-state index in [2.05, 4.69) is 41.6 Å². The largest absolute Gasteiger partial charge is 0.350 e. The molecule has 0 saturated carbocycles. The molecule has 3 rings (SSSR count). The van der Waals surface area contributed by atoms with E-state index in [1.54, 1.807) is 0 Å². The summed E-state index contributed by atoms with van der Waals surface area (Å²) in [5.41, 5.74) is 2.29. The molecule has 132 valence electrons. The zero-order chi connectivity index (χ0) is 17.3. The van der Waals surface area contributed by atoms with Crippen molar-refractivity contribution in [2.45, 2.75) is 26.3 Å². The lowest BCUT2D eigenvalue weighted by molar-refractivity contribution is 0.103. The van der Waals surface area contributed by atoms with Crippen molar-refractivity contribution < 1.29 is 4.79 Å². The van der Waals surface area contributed by atoms with Crippen molar-refractivity contribution in [1.82, 2.24) is 4.90 Å². The molecule has 0 atom stereocenters. The Bertz CT molecular complexity index is 800. The van der Waals surface area contributed by atoms with Gasteiger partial charge in [0.05, 0.1) is 12.1 Å². The number of nitrogens with zero attached hydrogens (tertiary/aromatic N) is 2. The molecule has 0 bridgehead atoms. The molecule has 0 aromatic heterocycles. The normalized spacial score (nSPS) is 15.5. The number of amidine groups is 1. The highest BCUT2D eigenvalue weighted by atomic mass is 79.9. The number of likely N-dealkylation sites (N-methyl/N-ethyl adjacent to an activating group) is 1. The van der Waals surface area contributed by atoms with Gasteiger partial charge in [-0.05, 0) is 45.0 Å². The molecule has 25 heavy (non-hydrogen) atoms. The predicted octanol–water partition coefficient (Wildman–Crippen LogP) is 4.96. The fourth-order valence-corrected chi connectivity index (χ4v) is 3.43. The van der Waals surface area contributed by atoms with E-state index in [-0.39, 0.29) is 23.7 Å². The minimum Gasteiger partial charge on any atom is -0.350 e. The van der Waals surface area contributed by atoms with Gasteiger partial charge in [0.25, 0.3) is 0 Å². The van der Waals surface area contributed by atoms with Crippen LogP contribution in [0, 0.1) is 0 Å². The van der Waals surface area contributed by atoms with Crippen molar-refractivity contribution in [3.63, 3.8) is 0 Å². The van der Waals surface area contributed by atoms with E-state index in [4.69, 9.17) is 4.99 Å². The first kappa shape index (κ1) is 19.7. The first-order valence-corrected chi connectivity index (χ1v) is 8.95. The van der Waals surface area contributed by atoms with Crippen LogP contribution in [0.15, 0.2) is 58.0 Å². The fourth-order valence-electron chi connectivity index (χ4n) is 3.17. The zero-order valence-electron chi connectivity index (χ0n) is 14.6. The smallest absolute Gasteiger partial charge is 0.193 e. The zero-order valence-corrected chi connectivity index (χ0v) is 17.0. The summed E-state index contributed by atoms with van der Waals surface area (Å²) < 4.78 is 0.964. The van der Waals surface area contributed by atoms with E-state index < -0.39 is 0 Å². The summed E-state index contributed by atoms with van der Waals surface area (Å²) in [5.74, 6) is 0.949. The molecule has 1 aliphatic rings. The minimum atomic E-state index is -0.0160. The van der Waals surface area contributed by atoms with Crippen molar-refractivity contribution in [2.75, 3.05) is 13.1 Å². The van der Waals surface area contributed by atoms with Crippen molar-refractivity contribution in [3.05, 3.63) is 69.7 Å². The van der Waals surface area contributed by atoms with Crippen LogP contribution >= 0.6 is 28.3 Å². The van der Waals surface area contributed by atoms with Crippen LogP contribution < -0.4 is 0 Å². The van der Waals surface area contributed by atoms with Gasteiger partial charge in [0.15, 0.2) is 5.78 Å². The van der Waals surface area contributed by atoms with Gasteiger partial charge in [-0.15, -0.1) is 12.4 Å². The molecule has 0 radical (unpaired) electrons.